The number of carbonyl (C=O) groups is 1. The molecule has 0 radical (unpaired) electrons. The molecule has 0 aliphatic heterocycles. The van der Waals surface area contributed by atoms with E-state index in [9.17, 15) is 9.90 Å². The number of carboxylic acid groups (broad SMARTS) is 1. The van der Waals surface area contributed by atoms with Crippen molar-refractivity contribution in [1.82, 2.24) is 0 Å². The van der Waals surface area contributed by atoms with E-state index in [1.54, 1.807) is 6.07 Å². The molecule has 0 saturated carbocycles. The first-order chi connectivity index (χ1) is 23.7. The van der Waals surface area contributed by atoms with Gasteiger partial charge in [-0.3, -0.25) is 0 Å². The lowest BCUT2D eigenvalue weighted by molar-refractivity contribution is -0.132. The molecular formula is C42H36N4O2S. The maximum Gasteiger partial charge on any atom is 0.346 e. The third-order valence-corrected chi connectivity index (χ3v) is 9.44. The molecule has 1 heterocycles. The van der Waals surface area contributed by atoms with Gasteiger partial charge in [0.15, 0.2) is 0 Å². The predicted octanol–water partition coefficient (Wildman–Crippen LogP) is 10.3. The highest BCUT2D eigenvalue weighted by molar-refractivity contribution is 7.16. The van der Waals surface area contributed by atoms with Gasteiger partial charge in [0, 0.05) is 66.4 Å². The number of aliphatic carboxylic acids is 1. The summed E-state index contributed by atoms with van der Waals surface area (Å²) >= 11 is 1.45. The summed E-state index contributed by atoms with van der Waals surface area (Å²) in [5, 5.41) is 18.4. The van der Waals surface area contributed by atoms with Gasteiger partial charge >= 0.3 is 5.97 Å². The Labute approximate surface area is 291 Å². The average Bonchev–Trinajstić information content (AvgIpc) is 3.60. The van der Waals surface area contributed by atoms with E-state index in [2.05, 4.69) is 136 Å². The van der Waals surface area contributed by atoms with Crippen molar-refractivity contribution >= 4 is 51.8 Å². The van der Waals surface area contributed by atoms with Crippen LogP contribution in [-0.2, 0) is 4.79 Å². The Morgan fingerprint density at radius 3 is 1.22 bits per heavy atom. The summed E-state index contributed by atoms with van der Waals surface area (Å²) in [6, 6.07) is 48.3. The number of hydrogen-bond donors (Lipinski definition) is 1. The lowest BCUT2D eigenvalue weighted by atomic mass is 10.0. The Morgan fingerprint density at radius 1 is 0.551 bits per heavy atom. The third kappa shape index (κ3) is 7.41. The molecule has 6 aromatic rings. The highest BCUT2D eigenvalue weighted by Gasteiger charge is 2.15. The van der Waals surface area contributed by atoms with Gasteiger partial charge in [-0.1, -0.05) is 60.7 Å². The van der Waals surface area contributed by atoms with E-state index in [0.29, 0.717) is 4.88 Å². The fourth-order valence-electron chi connectivity index (χ4n) is 5.60. The maximum absolute atomic E-state index is 11.3. The number of anilines is 5. The summed E-state index contributed by atoms with van der Waals surface area (Å²) in [5.74, 6) is -1.23. The van der Waals surface area contributed by atoms with Crippen molar-refractivity contribution in [3.63, 3.8) is 0 Å². The summed E-state index contributed by atoms with van der Waals surface area (Å²) in [7, 11) is 8.17. The second kappa shape index (κ2) is 14.3. The molecule has 1 N–H and O–H groups in total. The highest BCUT2D eigenvalue weighted by Crippen LogP contribution is 2.39. The quantitative estimate of drug-likeness (QED) is 0.116. The summed E-state index contributed by atoms with van der Waals surface area (Å²) < 4.78 is 0. The van der Waals surface area contributed by atoms with Crippen molar-refractivity contribution in [2.75, 3.05) is 42.9 Å². The van der Waals surface area contributed by atoms with E-state index in [0.717, 1.165) is 61.1 Å². The molecule has 7 heteroatoms. The lowest BCUT2D eigenvalue weighted by Crippen LogP contribution is -2.10. The average molecular weight is 661 g/mol. The molecule has 0 amide bonds. The molecule has 5 aromatic carbocycles. The van der Waals surface area contributed by atoms with E-state index in [4.69, 9.17) is 5.26 Å². The van der Waals surface area contributed by atoms with Crippen molar-refractivity contribution in [1.29, 1.82) is 5.26 Å². The van der Waals surface area contributed by atoms with Gasteiger partial charge < -0.3 is 19.8 Å². The number of benzene rings is 5. The van der Waals surface area contributed by atoms with Gasteiger partial charge in [-0.05, 0) is 107 Å². The Morgan fingerprint density at radius 2 is 0.898 bits per heavy atom. The number of nitrogens with zero attached hydrogens (tertiary/aromatic N) is 4. The molecule has 0 saturated heterocycles. The summed E-state index contributed by atoms with van der Waals surface area (Å²) in [5.41, 5.74) is 10.7. The number of rotatable bonds is 10. The molecule has 0 fully saturated rings. The zero-order valence-corrected chi connectivity index (χ0v) is 28.6. The Balaban J connectivity index is 1.33. The number of nitriles is 1. The molecule has 0 bridgehead atoms. The topological polar surface area (TPSA) is 70.8 Å². The molecule has 0 atom stereocenters. The van der Waals surface area contributed by atoms with Crippen LogP contribution in [0.5, 0.6) is 0 Å². The summed E-state index contributed by atoms with van der Waals surface area (Å²) in [4.78, 5) is 19.4. The zero-order chi connectivity index (χ0) is 34.5. The molecule has 0 unspecified atom stereocenters. The van der Waals surface area contributed by atoms with Crippen molar-refractivity contribution < 1.29 is 9.90 Å². The van der Waals surface area contributed by atoms with Crippen LogP contribution in [0.3, 0.4) is 0 Å². The van der Waals surface area contributed by atoms with Crippen LogP contribution in [0.4, 0.5) is 28.4 Å². The first-order valence-corrected chi connectivity index (χ1v) is 16.6. The van der Waals surface area contributed by atoms with E-state index < -0.39 is 5.97 Å². The van der Waals surface area contributed by atoms with Crippen molar-refractivity contribution in [2.24, 2.45) is 0 Å². The summed E-state index contributed by atoms with van der Waals surface area (Å²) in [6.45, 7) is 0. The minimum absolute atomic E-state index is 0.285. The van der Waals surface area contributed by atoms with Crippen LogP contribution in [-0.4, -0.2) is 39.3 Å². The Bertz CT molecular complexity index is 2030. The van der Waals surface area contributed by atoms with Gasteiger partial charge in [-0.25, -0.2) is 4.79 Å². The van der Waals surface area contributed by atoms with Gasteiger partial charge in [0.2, 0.25) is 0 Å². The van der Waals surface area contributed by atoms with Crippen LogP contribution in [0.1, 0.15) is 4.88 Å². The van der Waals surface area contributed by atoms with Crippen molar-refractivity contribution in [3.8, 4) is 38.8 Å². The third-order valence-electron chi connectivity index (χ3n) is 8.36. The van der Waals surface area contributed by atoms with E-state index in [1.807, 2.05) is 40.3 Å². The largest absolute Gasteiger partial charge is 0.477 e. The van der Waals surface area contributed by atoms with E-state index in [-0.39, 0.29) is 5.57 Å². The first-order valence-electron chi connectivity index (χ1n) is 15.8. The van der Waals surface area contributed by atoms with Gasteiger partial charge in [-0.15, -0.1) is 11.3 Å². The minimum Gasteiger partial charge on any atom is -0.477 e. The van der Waals surface area contributed by atoms with Crippen LogP contribution >= 0.6 is 11.3 Å². The van der Waals surface area contributed by atoms with E-state index in [1.165, 1.54) is 17.4 Å². The van der Waals surface area contributed by atoms with Crippen LogP contribution in [0.15, 0.2) is 139 Å². The maximum atomic E-state index is 11.3. The molecule has 242 valence electrons. The van der Waals surface area contributed by atoms with Crippen LogP contribution in [0.25, 0.3) is 38.8 Å². The van der Waals surface area contributed by atoms with Gasteiger partial charge in [0.05, 0.1) is 0 Å². The van der Waals surface area contributed by atoms with Crippen molar-refractivity contribution in [2.45, 2.75) is 0 Å². The smallest absolute Gasteiger partial charge is 0.346 e. The SMILES string of the molecule is CN(C)c1ccc(-c2ccc(N(c3ccc(-c4ccc(N(C)C)cc4)cc3)c3ccc(-c4ccc(/C=C(/C#N)C(=O)O)s4)cc3)cc2)cc1. The minimum atomic E-state index is -1.23. The van der Waals surface area contributed by atoms with Crippen LogP contribution in [0, 0.1) is 11.3 Å². The molecule has 49 heavy (non-hydrogen) atoms. The van der Waals surface area contributed by atoms with Gasteiger partial charge in [-0.2, -0.15) is 5.26 Å². The second-order valence-corrected chi connectivity index (χ2v) is 13.2. The fourth-order valence-corrected chi connectivity index (χ4v) is 6.56. The van der Waals surface area contributed by atoms with Gasteiger partial charge in [0.25, 0.3) is 0 Å². The molecule has 6 nitrogen and oxygen atoms in total. The molecular weight excluding hydrogens is 625 g/mol. The molecule has 0 aliphatic rings. The molecule has 1 aromatic heterocycles. The number of thiophene rings is 1. The van der Waals surface area contributed by atoms with Crippen LogP contribution < -0.4 is 14.7 Å². The first kappa shape index (κ1) is 32.8. The lowest BCUT2D eigenvalue weighted by Gasteiger charge is -2.26. The standard InChI is InChI=1S/C42H36N4O2S/c1-44(2)35-15-5-29(6-16-35)31-9-19-37(20-10-31)46(38-21-11-32(12-22-38)30-7-17-36(18-8-30)45(3)4)39-23-13-33(14-24-39)41-26-25-40(49-41)27-34(28-43)42(47)48/h5-27H,1-4H3,(H,47,48)/b34-27-. The normalized spacial score (nSPS) is 11.1. The zero-order valence-electron chi connectivity index (χ0n) is 27.8. The number of carboxylic acids is 1. The monoisotopic (exact) mass is 660 g/mol. The Kier molecular flexibility index (Phi) is 9.61. The fraction of sp³-hybridized carbons (Fsp3) is 0.0952. The van der Waals surface area contributed by atoms with E-state index >= 15 is 0 Å². The highest BCUT2D eigenvalue weighted by atomic mass is 32.1. The Hall–Kier alpha value is -6.10. The molecule has 6 rings (SSSR count). The second-order valence-electron chi connectivity index (χ2n) is 12.0. The molecule has 0 spiro atoms. The van der Waals surface area contributed by atoms with Crippen LogP contribution in [0.2, 0.25) is 0 Å². The summed E-state index contributed by atoms with van der Waals surface area (Å²) in [6.07, 6.45) is 1.41. The number of hydrogen-bond acceptors (Lipinski definition) is 6. The molecule has 0 aliphatic carbocycles. The van der Waals surface area contributed by atoms with Gasteiger partial charge in [0.1, 0.15) is 11.6 Å². The van der Waals surface area contributed by atoms with Crippen molar-refractivity contribution in [3.05, 3.63) is 144 Å². The predicted molar refractivity (Wildman–Crippen MR) is 205 cm³/mol.